The van der Waals surface area contributed by atoms with Crippen molar-refractivity contribution in [1.82, 2.24) is 19.9 Å². The van der Waals surface area contributed by atoms with Crippen LogP contribution < -0.4 is 11.2 Å². The van der Waals surface area contributed by atoms with Gasteiger partial charge in [0.15, 0.2) is 5.82 Å². The number of nitrogens with one attached hydrogen (secondary N) is 1. The van der Waals surface area contributed by atoms with Gasteiger partial charge in [0, 0.05) is 23.6 Å². The maximum absolute atomic E-state index is 12.0. The molecule has 2 heterocycles. The van der Waals surface area contributed by atoms with E-state index in [2.05, 4.69) is 20.5 Å². The third-order valence-corrected chi connectivity index (χ3v) is 4.21. The van der Waals surface area contributed by atoms with E-state index in [1.54, 1.807) is 24.5 Å². The van der Waals surface area contributed by atoms with Crippen LogP contribution in [0, 0.1) is 6.92 Å². The minimum Gasteiger partial charge on any atom is -0.335 e. The third-order valence-electron chi connectivity index (χ3n) is 3.27. The van der Waals surface area contributed by atoms with Gasteiger partial charge in [0.05, 0.1) is 5.75 Å². The molecule has 0 spiro atoms. The van der Waals surface area contributed by atoms with Crippen molar-refractivity contribution < 1.29 is 4.79 Å². The number of benzene rings is 1. The van der Waals surface area contributed by atoms with E-state index < -0.39 is 0 Å². The van der Waals surface area contributed by atoms with Crippen molar-refractivity contribution in [3.63, 3.8) is 0 Å². The van der Waals surface area contributed by atoms with Gasteiger partial charge in [-0.25, -0.2) is 4.68 Å². The highest BCUT2D eigenvalue weighted by Crippen LogP contribution is 2.21. The summed E-state index contributed by atoms with van der Waals surface area (Å²) in [6, 6.07) is 11.2. The molecule has 2 aromatic heterocycles. The first-order valence-corrected chi connectivity index (χ1v) is 8.22. The lowest BCUT2D eigenvalue weighted by atomic mass is 10.2. The number of rotatable bonds is 5. The van der Waals surface area contributed by atoms with E-state index >= 15 is 0 Å². The third kappa shape index (κ3) is 3.72. The van der Waals surface area contributed by atoms with Crippen molar-refractivity contribution in [1.29, 1.82) is 0 Å². The fraction of sp³-hybridized carbons (Fsp3) is 0.125. The molecule has 3 N–H and O–H groups in total. The Balaban J connectivity index is 1.62. The van der Waals surface area contributed by atoms with Gasteiger partial charge in [0.1, 0.15) is 0 Å². The Morgan fingerprint density at radius 3 is 2.58 bits per heavy atom. The quantitative estimate of drug-likeness (QED) is 0.545. The number of nitrogens with zero attached hydrogens (tertiary/aromatic N) is 4. The molecule has 0 aliphatic rings. The molecule has 0 unspecified atom stereocenters. The second-order valence-electron chi connectivity index (χ2n) is 5.11. The van der Waals surface area contributed by atoms with Crippen LogP contribution in [0.4, 0.5) is 5.69 Å². The number of amides is 1. The van der Waals surface area contributed by atoms with Crippen LogP contribution in [0.25, 0.3) is 11.4 Å². The molecule has 0 atom stereocenters. The van der Waals surface area contributed by atoms with Crippen molar-refractivity contribution in [2.45, 2.75) is 12.1 Å². The van der Waals surface area contributed by atoms with Crippen molar-refractivity contribution >= 4 is 23.4 Å². The topological polar surface area (TPSA) is 98.7 Å². The van der Waals surface area contributed by atoms with Gasteiger partial charge in [-0.05, 0) is 31.2 Å². The van der Waals surface area contributed by atoms with Gasteiger partial charge in [-0.3, -0.25) is 9.78 Å². The van der Waals surface area contributed by atoms with Gasteiger partial charge in [-0.1, -0.05) is 29.5 Å². The maximum atomic E-state index is 12.0. The van der Waals surface area contributed by atoms with Crippen molar-refractivity contribution in [2.75, 3.05) is 16.9 Å². The van der Waals surface area contributed by atoms with Gasteiger partial charge < -0.3 is 11.2 Å². The molecule has 1 aromatic carbocycles. The minimum atomic E-state index is -0.127. The molecule has 3 aromatic rings. The summed E-state index contributed by atoms with van der Waals surface area (Å²) in [5.74, 6) is 6.60. The Bertz CT molecular complexity index is 832. The Kier molecular flexibility index (Phi) is 4.76. The van der Waals surface area contributed by atoms with E-state index in [9.17, 15) is 4.79 Å². The van der Waals surface area contributed by atoms with Crippen molar-refractivity contribution in [2.24, 2.45) is 0 Å². The molecule has 0 aliphatic heterocycles. The summed E-state index contributed by atoms with van der Waals surface area (Å²) in [5.41, 5.74) is 2.72. The molecule has 0 saturated heterocycles. The van der Waals surface area contributed by atoms with Crippen LogP contribution in [0.3, 0.4) is 0 Å². The zero-order valence-corrected chi connectivity index (χ0v) is 13.8. The van der Waals surface area contributed by atoms with Crippen LogP contribution in [0.15, 0.2) is 53.9 Å². The summed E-state index contributed by atoms with van der Waals surface area (Å²) in [6.45, 7) is 2.00. The average molecular weight is 340 g/mol. The van der Waals surface area contributed by atoms with Crippen molar-refractivity contribution in [3.05, 3.63) is 54.4 Å². The number of hydrogen-bond acceptors (Lipinski definition) is 6. The number of thioether (sulfide) groups is 1. The lowest BCUT2D eigenvalue weighted by Gasteiger charge is -2.06. The first-order valence-electron chi connectivity index (χ1n) is 7.23. The summed E-state index contributed by atoms with van der Waals surface area (Å²) in [7, 11) is 0. The molecule has 0 saturated carbocycles. The highest BCUT2D eigenvalue weighted by molar-refractivity contribution is 7.99. The normalized spacial score (nSPS) is 10.5. The molecule has 8 heteroatoms. The van der Waals surface area contributed by atoms with E-state index in [1.165, 1.54) is 16.4 Å². The molecule has 7 nitrogen and oxygen atoms in total. The largest absolute Gasteiger partial charge is 0.335 e. The zero-order chi connectivity index (χ0) is 16.9. The van der Waals surface area contributed by atoms with Gasteiger partial charge >= 0.3 is 0 Å². The predicted molar refractivity (Wildman–Crippen MR) is 93.9 cm³/mol. The van der Waals surface area contributed by atoms with E-state index in [4.69, 9.17) is 5.84 Å². The zero-order valence-electron chi connectivity index (χ0n) is 13.0. The number of carbonyl (C=O) groups excluding carboxylic acids is 1. The predicted octanol–water partition coefficient (Wildman–Crippen LogP) is 2.09. The maximum Gasteiger partial charge on any atom is 0.234 e. The van der Waals surface area contributed by atoms with Gasteiger partial charge in [-0.15, -0.1) is 10.2 Å². The summed E-state index contributed by atoms with van der Waals surface area (Å²) >= 11 is 1.23. The van der Waals surface area contributed by atoms with Gasteiger partial charge in [0.25, 0.3) is 0 Å². The Morgan fingerprint density at radius 2 is 1.88 bits per heavy atom. The Morgan fingerprint density at radius 1 is 1.17 bits per heavy atom. The molecule has 0 radical (unpaired) electrons. The molecule has 122 valence electrons. The van der Waals surface area contributed by atoms with Crippen molar-refractivity contribution in [3.8, 4) is 11.4 Å². The van der Waals surface area contributed by atoms with Crippen LogP contribution in [0.5, 0.6) is 0 Å². The van der Waals surface area contributed by atoms with Crippen LogP contribution in [0.2, 0.25) is 0 Å². The number of carbonyl (C=O) groups is 1. The fourth-order valence-corrected chi connectivity index (χ4v) is 2.69. The number of nitrogen functional groups attached to an aromatic ring is 1. The SMILES string of the molecule is Cc1ccc(NC(=O)CSc2nnc(-c3ccncc3)n2N)cc1. The van der Waals surface area contributed by atoms with Crippen LogP contribution in [-0.4, -0.2) is 31.5 Å². The number of anilines is 1. The highest BCUT2D eigenvalue weighted by atomic mass is 32.2. The monoisotopic (exact) mass is 340 g/mol. The minimum absolute atomic E-state index is 0.127. The Hall–Kier alpha value is -2.87. The highest BCUT2D eigenvalue weighted by Gasteiger charge is 2.13. The summed E-state index contributed by atoms with van der Waals surface area (Å²) in [5, 5.41) is 11.4. The first-order chi connectivity index (χ1) is 11.6. The van der Waals surface area contributed by atoms with E-state index in [-0.39, 0.29) is 11.7 Å². The average Bonchev–Trinajstić information content (AvgIpc) is 2.97. The second-order valence-corrected chi connectivity index (χ2v) is 6.06. The summed E-state index contributed by atoms with van der Waals surface area (Å²) in [6.07, 6.45) is 3.32. The first kappa shape index (κ1) is 16.0. The van der Waals surface area contributed by atoms with Gasteiger partial charge in [-0.2, -0.15) is 0 Å². The van der Waals surface area contributed by atoms with E-state index in [1.807, 2.05) is 31.2 Å². The lowest BCUT2D eigenvalue weighted by Crippen LogP contribution is -2.16. The summed E-state index contributed by atoms with van der Waals surface area (Å²) < 4.78 is 1.37. The number of hydrogen-bond donors (Lipinski definition) is 2. The molecular formula is C16H16N6OS. The number of pyridine rings is 1. The standard InChI is InChI=1S/C16H16N6OS/c1-11-2-4-13(5-3-11)19-14(23)10-24-16-21-20-15(22(16)17)12-6-8-18-9-7-12/h2-9H,10,17H2,1H3,(H,19,23). The van der Waals surface area contributed by atoms with E-state index in [0.29, 0.717) is 11.0 Å². The second kappa shape index (κ2) is 7.14. The van der Waals surface area contributed by atoms with E-state index in [0.717, 1.165) is 16.8 Å². The number of aromatic nitrogens is 4. The molecule has 0 fully saturated rings. The number of aryl methyl sites for hydroxylation is 1. The smallest absolute Gasteiger partial charge is 0.234 e. The van der Waals surface area contributed by atoms with Crippen LogP contribution >= 0.6 is 11.8 Å². The molecule has 3 rings (SSSR count). The van der Waals surface area contributed by atoms with Gasteiger partial charge in [0.2, 0.25) is 11.1 Å². The summed E-state index contributed by atoms with van der Waals surface area (Å²) in [4.78, 5) is 16.0. The molecule has 1 amide bonds. The lowest BCUT2D eigenvalue weighted by molar-refractivity contribution is -0.113. The van der Waals surface area contributed by atoms with Crippen LogP contribution in [0.1, 0.15) is 5.56 Å². The fourth-order valence-electron chi connectivity index (χ4n) is 2.04. The molecule has 0 bridgehead atoms. The van der Waals surface area contributed by atoms with Crippen LogP contribution in [-0.2, 0) is 4.79 Å². The molecule has 0 aliphatic carbocycles. The Labute approximate surface area is 143 Å². The molecular weight excluding hydrogens is 324 g/mol. The number of nitrogens with two attached hydrogens (primary N) is 1. The molecule has 24 heavy (non-hydrogen) atoms.